The number of anilines is 1. The van der Waals surface area contributed by atoms with Crippen LogP contribution in [0.2, 0.25) is 0 Å². The van der Waals surface area contributed by atoms with E-state index in [0.717, 1.165) is 11.1 Å². The lowest BCUT2D eigenvalue weighted by Crippen LogP contribution is -2.41. The van der Waals surface area contributed by atoms with Gasteiger partial charge in [-0.05, 0) is 24.6 Å². The first-order chi connectivity index (χ1) is 12.4. The highest BCUT2D eigenvalue weighted by Crippen LogP contribution is 2.08. The highest BCUT2D eigenvalue weighted by atomic mass is 16.2. The van der Waals surface area contributed by atoms with Crippen molar-refractivity contribution in [2.45, 2.75) is 13.3 Å². The number of nitrogens with one attached hydrogen (secondary N) is 2. The van der Waals surface area contributed by atoms with E-state index in [4.69, 9.17) is 0 Å². The lowest BCUT2D eigenvalue weighted by atomic mass is 10.1. The molecule has 2 rings (SSSR count). The molecule has 0 aliphatic heterocycles. The molecule has 26 heavy (non-hydrogen) atoms. The van der Waals surface area contributed by atoms with Gasteiger partial charge in [0.25, 0.3) is 0 Å². The Kier molecular flexibility index (Phi) is 6.91. The molecule has 136 valence electrons. The minimum atomic E-state index is -0.328. The van der Waals surface area contributed by atoms with Crippen LogP contribution in [0.25, 0.3) is 0 Å². The van der Waals surface area contributed by atoms with Crippen LogP contribution in [0.15, 0.2) is 54.6 Å². The topological polar surface area (TPSA) is 78.5 Å². The number of likely N-dealkylation sites (N-methyl/N-ethyl adjacent to an activating group) is 1. The molecule has 0 aliphatic carbocycles. The van der Waals surface area contributed by atoms with Gasteiger partial charge in [0, 0.05) is 12.7 Å². The highest BCUT2D eigenvalue weighted by Gasteiger charge is 2.14. The molecule has 0 bridgehead atoms. The number of nitrogens with zero attached hydrogens (tertiary/aromatic N) is 1. The number of benzene rings is 2. The standard InChI is InChI=1S/C20H23N3O3/c1-15-8-10-17(11-9-15)22-19(25)14-23(2)20(26)13-21-18(24)12-16-6-4-3-5-7-16/h3-11H,12-14H2,1-2H3,(H,21,24)(H,22,25). The number of amides is 3. The second kappa shape index (κ2) is 9.36. The number of hydrogen-bond acceptors (Lipinski definition) is 3. The van der Waals surface area contributed by atoms with E-state index >= 15 is 0 Å². The quantitative estimate of drug-likeness (QED) is 0.796. The molecule has 0 atom stereocenters. The third-order valence-electron chi connectivity index (χ3n) is 3.79. The van der Waals surface area contributed by atoms with Crippen molar-refractivity contribution in [3.63, 3.8) is 0 Å². The number of aryl methyl sites for hydroxylation is 1. The van der Waals surface area contributed by atoms with E-state index in [1.807, 2.05) is 49.4 Å². The van der Waals surface area contributed by atoms with Gasteiger partial charge in [-0.15, -0.1) is 0 Å². The van der Waals surface area contributed by atoms with Gasteiger partial charge in [0.05, 0.1) is 19.5 Å². The van der Waals surface area contributed by atoms with Crippen molar-refractivity contribution in [3.05, 3.63) is 65.7 Å². The first-order valence-electron chi connectivity index (χ1n) is 8.35. The molecule has 2 aromatic carbocycles. The van der Waals surface area contributed by atoms with Crippen LogP contribution in [0.1, 0.15) is 11.1 Å². The predicted molar refractivity (Wildman–Crippen MR) is 101 cm³/mol. The maximum Gasteiger partial charge on any atom is 0.243 e. The summed E-state index contributed by atoms with van der Waals surface area (Å²) in [5.74, 6) is -0.854. The van der Waals surface area contributed by atoms with Gasteiger partial charge in [-0.25, -0.2) is 0 Å². The van der Waals surface area contributed by atoms with E-state index in [9.17, 15) is 14.4 Å². The van der Waals surface area contributed by atoms with Crippen molar-refractivity contribution in [1.82, 2.24) is 10.2 Å². The molecule has 0 radical (unpaired) electrons. The molecule has 0 aromatic heterocycles. The molecule has 0 fully saturated rings. The van der Waals surface area contributed by atoms with Crippen LogP contribution in [0.5, 0.6) is 0 Å². The van der Waals surface area contributed by atoms with Crippen LogP contribution >= 0.6 is 0 Å². The fourth-order valence-electron chi connectivity index (χ4n) is 2.29. The minimum absolute atomic E-state index is 0.0821. The second-order valence-corrected chi connectivity index (χ2v) is 6.10. The van der Waals surface area contributed by atoms with Gasteiger partial charge in [-0.3, -0.25) is 14.4 Å². The first kappa shape index (κ1) is 19.2. The predicted octanol–water partition coefficient (Wildman–Crippen LogP) is 1.75. The molecule has 0 aliphatic rings. The van der Waals surface area contributed by atoms with Crippen LogP contribution in [-0.4, -0.2) is 42.8 Å². The van der Waals surface area contributed by atoms with Gasteiger partial charge < -0.3 is 15.5 Å². The number of rotatable bonds is 7. The van der Waals surface area contributed by atoms with Crippen molar-refractivity contribution in [1.29, 1.82) is 0 Å². The summed E-state index contributed by atoms with van der Waals surface area (Å²) in [5, 5.41) is 5.31. The van der Waals surface area contributed by atoms with E-state index in [2.05, 4.69) is 10.6 Å². The first-order valence-corrected chi connectivity index (χ1v) is 8.35. The van der Waals surface area contributed by atoms with Gasteiger partial charge in [-0.1, -0.05) is 48.0 Å². The van der Waals surface area contributed by atoms with Crippen LogP contribution in [0, 0.1) is 6.92 Å². The van der Waals surface area contributed by atoms with E-state index < -0.39 is 0 Å². The van der Waals surface area contributed by atoms with Crippen molar-refractivity contribution in [2.24, 2.45) is 0 Å². The molecule has 6 nitrogen and oxygen atoms in total. The SMILES string of the molecule is Cc1ccc(NC(=O)CN(C)C(=O)CNC(=O)Cc2ccccc2)cc1. The maximum atomic E-state index is 12.1. The Bertz CT molecular complexity index is 758. The zero-order valence-electron chi connectivity index (χ0n) is 15.0. The summed E-state index contributed by atoms with van der Waals surface area (Å²) >= 11 is 0. The normalized spacial score (nSPS) is 10.1. The van der Waals surface area contributed by atoms with Gasteiger partial charge in [-0.2, -0.15) is 0 Å². The average Bonchev–Trinajstić information content (AvgIpc) is 2.62. The van der Waals surface area contributed by atoms with Gasteiger partial charge in [0.1, 0.15) is 0 Å². The monoisotopic (exact) mass is 353 g/mol. The van der Waals surface area contributed by atoms with Crippen LogP contribution in [0.4, 0.5) is 5.69 Å². The lowest BCUT2D eigenvalue weighted by molar-refractivity contribution is -0.134. The molecule has 0 unspecified atom stereocenters. The Morgan fingerprint density at radius 2 is 1.58 bits per heavy atom. The van der Waals surface area contributed by atoms with E-state index in [-0.39, 0.29) is 37.2 Å². The van der Waals surface area contributed by atoms with Crippen molar-refractivity contribution < 1.29 is 14.4 Å². The molecule has 2 aromatic rings. The van der Waals surface area contributed by atoms with Gasteiger partial charge >= 0.3 is 0 Å². The highest BCUT2D eigenvalue weighted by molar-refractivity contribution is 5.95. The summed E-state index contributed by atoms with van der Waals surface area (Å²) in [7, 11) is 1.53. The summed E-state index contributed by atoms with van der Waals surface area (Å²) in [5.41, 5.74) is 2.66. The Hall–Kier alpha value is -3.15. The average molecular weight is 353 g/mol. The number of carbonyl (C=O) groups excluding carboxylic acids is 3. The van der Waals surface area contributed by atoms with Gasteiger partial charge in [0.15, 0.2) is 0 Å². The van der Waals surface area contributed by atoms with Gasteiger partial charge in [0.2, 0.25) is 17.7 Å². The summed E-state index contributed by atoms with van der Waals surface area (Å²) < 4.78 is 0. The fraction of sp³-hybridized carbons (Fsp3) is 0.250. The molecule has 0 spiro atoms. The Morgan fingerprint density at radius 1 is 0.923 bits per heavy atom. The Morgan fingerprint density at radius 3 is 2.23 bits per heavy atom. The summed E-state index contributed by atoms with van der Waals surface area (Å²) in [6, 6.07) is 16.7. The third-order valence-corrected chi connectivity index (χ3v) is 3.79. The molecular weight excluding hydrogens is 330 g/mol. The second-order valence-electron chi connectivity index (χ2n) is 6.10. The smallest absolute Gasteiger partial charge is 0.243 e. The zero-order valence-corrected chi connectivity index (χ0v) is 15.0. The third kappa shape index (κ3) is 6.39. The number of carbonyl (C=O) groups is 3. The van der Waals surface area contributed by atoms with Crippen LogP contribution < -0.4 is 10.6 Å². The van der Waals surface area contributed by atoms with Crippen molar-refractivity contribution >= 4 is 23.4 Å². The zero-order chi connectivity index (χ0) is 18.9. The van der Waals surface area contributed by atoms with E-state index in [1.54, 1.807) is 12.1 Å². The fourth-order valence-corrected chi connectivity index (χ4v) is 2.29. The largest absolute Gasteiger partial charge is 0.347 e. The van der Waals surface area contributed by atoms with E-state index in [1.165, 1.54) is 11.9 Å². The molecule has 0 saturated carbocycles. The Labute approximate surface area is 153 Å². The number of hydrogen-bond donors (Lipinski definition) is 2. The van der Waals surface area contributed by atoms with Crippen molar-refractivity contribution in [2.75, 3.05) is 25.5 Å². The minimum Gasteiger partial charge on any atom is -0.347 e. The molecular formula is C20H23N3O3. The van der Waals surface area contributed by atoms with Crippen molar-refractivity contribution in [3.8, 4) is 0 Å². The lowest BCUT2D eigenvalue weighted by Gasteiger charge is -2.17. The molecule has 6 heteroatoms. The summed E-state index contributed by atoms with van der Waals surface area (Å²) in [6.07, 6.45) is 0.214. The van der Waals surface area contributed by atoms with E-state index in [0.29, 0.717) is 5.69 Å². The maximum absolute atomic E-state index is 12.1. The molecule has 0 saturated heterocycles. The summed E-state index contributed by atoms with van der Waals surface area (Å²) in [4.78, 5) is 37.2. The Balaban J connectivity index is 1.73. The molecule has 2 N–H and O–H groups in total. The molecule has 3 amide bonds. The van der Waals surface area contributed by atoms with Crippen LogP contribution in [-0.2, 0) is 20.8 Å². The molecule has 0 heterocycles. The summed E-state index contributed by atoms with van der Waals surface area (Å²) in [6.45, 7) is 1.74. The van der Waals surface area contributed by atoms with Crippen LogP contribution in [0.3, 0.4) is 0 Å².